The van der Waals surface area contributed by atoms with Crippen LogP contribution in [-0.4, -0.2) is 12.1 Å². The zero-order chi connectivity index (χ0) is 15.2. The van der Waals surface area contributed by atoms with Crippen molar-refractivity contribution in [3.8, 4) is 0 Å². The first kappa shape index (κ1) is 17.5. The van der Waals surface area contributed by atoms with Gasteiger partial charge in [0.15, 0.2) is 0 Å². The maximum absolute atomic E-state index is 12.2. The second-order valence-electron chi connectivity index (χ2n) is 7.31. The molecule has 2 atom stereocenters. The third kappa shape index (κ3) is 5.10. The topological polar surface area (TPSA) is 26.3 Å². The van der Waals surface area contributed by atoms with E-state index in [0.29, 0.717) is 5.92 Å². The molecule has 0 bridgehead atoms. The van der Waals surface area contributed by atoms with Gasteiger partial charge >= 0.3 is 5.97 Å². The van der Waals surface area contributed by atoms with Crippen molar-refractivity contribution in [2.45, 2.75) is 92.1 Å². The fraction of sp³-hybridized carbons (Fsp3) is 0.944. The lowest BCUT2D eigenvalue weighted by Gasteiger charge is -2.31. The van der Waals surface area contributed by atoms with E-state index in [1.165, 1.54) is 38.5 Å². The van der Waals surface area contributed by atoms with Crippen molar-refractivity contribution in [1.29, 1.82) is 0 Å². The SMILES string of the molecule is CCC(OC(=O)C(C)(C)CC)C(C)CC1CCCCC1. The van der Waals surface area contributed by atoms with Crippen molar-refractivity contribution >= 4 is 5.97 Å². The summed E-state index contributed by atoms with van der Waals surface area (Å²) in [5.74, 6) is 1.31. The Morgan fingerprint density at radius 2 is 1.80 bits per heavy atom. The van der Waals surface area contributed by atoms with Gasteiger partial charge in [0.1, 0.15) is 6.10 Å². The molecule has 20 heavy (non-hydrogen) atoms. The van der Waals surface area contributed by atoms with Crippen molar-refractivity contribution in [2.24, 2.45) is 17.3 Å². The second kappa shape index (κ2) is 8.05. The van der Waals surface area contributed by atoms with Gasteiger partial charge in [0.05, 0.1) is 5.41 Å². The Labute approximate surface area is 125 Å². The smallest absolute Gasteiger partial charge is 0.311 e. The number of ether oxygens (including phenoxy) is 1. The molecule has 0 heterocycles. The third-order valence-corrected chi connectivity index (χ3v) is 5.16. The number of esters is 1. The highest BCUT2D eigenvalue weighted by Crippen LogP contribution is 2.32. The maximum Gasteiger partial charge on any atom is 0.311 e. The van der Waals surface area contributed by atoms with Crippen LogP contribution in [-0.2, 0) is 9.53 Å². The van der Waals surface area contributed by atoms with Gasteiger partial charge in [-0.15, -0.1) is 0 Å². The van der Waals surface area contributed by atoms with E-state index in [9.17, 15) is 4.79 Å². The Morgan fingerprint density at radius 3 is 2.30 bits per heavy atom. The fourth-order valence-electron chi connectivity index (χ4n) is 3.14. The van der Waals surface area contributed by atoms with Gasteiger partial charge in [-0.05, 0) is 44.9 Å². The predicted molar refractivity (Wildman–Crippen MR) is 84.6 cm³/mol. The largest absolute Gasteiger partial charge is 0.462 e. The van der Waals surface area contributed by atoms with Crippen molar-refractivity contribution < 1.29 is 9.53 Å². The Balaban J connectivity index is 2.49. The molecule has 0 N–H and O–H groups in total. The summed E-state index contributed by atoms with van der Waals surface area (Å²) < 4.78 is 5.82. The molecular formula is C18H34O2. The van der Waals surface area contributed by atoms with E-state index in [2.05, 4.69) is 13.8 Å². The molecule has 1 aliphatic rings. The molecule has 0 saturated heterocycles. The molecule has 0 radical (unpaired) electrons. The molecule has 0 spiro atoms. The summed E-state index contributed by atoms with van der Waals surface area (Å²) in [5, 5.41) is 0. The van der Waals surface area contributed by atoms with Crippen molar-refractivity contribution in [3.63, 3.8) is 0 Å². The third-order valence-electron chi connectivity index (χ3n) is 5.16. The highest BCUT2D eigenvalue weighted by molar-refractivity contribution is 5.76. The van der Waals surface area contributed by atoms with E-state index >= 15 is 0 Å². The number of rotatable bonds is 7. The number of hydrogen-bond donors (Lipinski definition) is 0. The summed E-state index contributed by atoms with van der Waals surface area (Å²) in [6.45, 7) is 10.4. The molecule has 0 aromatic carbocycles. The quantitative estimate of drug-likeness (QED) is 0.588. The summed E-state index contributed by atoms with van der Waals surface area (Å²) in [7, 11) is 0. The summed E-state index contributed by atoms with van der Waals surface area (Å²) in [6.07, 6.45) is 9.99. The van der Waals surface area contributed by atoms with Crippen molar-refractivity contribution in [3.05, 3.63) is 0 Å². The molecular weight excluding hydrogens is 248 g/mol. The van der Waals surface area contributed by atoms with Crippen LogP contribution in [0.2, 0.25) is 0 Å². The van der Waals surface area contributed by atoms with Crippen LogP contribution in [0.3, 0.4) is 0 Å². The van der Waals surface area contributed by atoms with Crippen LogP contribution in [0.25, 0.3) is 0 Å². The Bertz CT molecular complexity index is 290. The lowest BCUT2D eigenvalue weighted by atomic mass is 9.81. The van der Waals surface area contributed by atoms with Gasteiger partial charge in [0.25, 0.3) is 0 Å². The van der Waals surface area contributed by atoms with Crippen LogP contribution in [0.4, 0.5) is 0 Å². The standard InChI is InChI=1S/C18H34O2/c1-6-16(20-17(19)18(4,5)7-2)14(3)13-15-11-9-8-10-12-15/h14-16H,6-13H2,1-5H3. The van der Waals surface area contributed by atoms with E-state index < -0.39 is 0 Å². The van der Waals surface area contributed by atoms with Gasteiger partial charge in [-0.1, -0.05) is 52.9 Å². The van der Waals surface area contributed by atoms with Crippen LogP contribution in [0.5, 0.6) is 0 Å². The highest BCUT2D eigenvalue weighted by Gasteiger charge is 2.31. The summed E-state index contributed by atoms with van der Waals surface area (Å²) in [4.78, 5) is 12.2. The molecule has 118 valence electrons. The molecule has 2 nitrogen and oxygen atoms in total. The lowest BCUT2D eigenvalue weighted by Crippen LogP contribution is -2.33. The van der Waals surface area contributed by atoms with Crippen LogP contribution in [0.1, 0.15) is 86.0 Å². The maximum atomic E-state index is 12.2. The Hall–Kier alpha value is -0.530. The number of hydrogen-bond acceptors (Lipinski definition) is 2. The minimum atomic E-state index is -0.349. The fourth-order valence-corrected chi connectivity index (χ4v) is 3.14. The predicted octanol–water partition coefficient (Wildman–Crippen LogP) is 5.35. The summed E-state index contributed by atoms with van der Waals surface area (Å²) >= 11 is 0. The molecule has 1 rings (SSSR count). The Kier molecular flexibility index (Phi) is 7.05. The van der Waals surface area contributed by atoms with Crippen molar-refractivity contribution in [1.82, 2.24) is 0 Å². The van der Waals surface area contributed by atoms with Crippen LogP contribution in [0, 0.1) is 17.3 Å². The summed E-state index contributed by atoms with van der Waals surface area (Å²) in [5.41, 5.74) is -0.349. The van der Waals surface area contributed by atoms with Gasteiger partial charge in [-0.2, -0.15) is 0 Å². The zero-order valence-corrected chi connectivity index (χ0v) is 14.2. The minimum Gasteiger partial charge on any atom is -0.462 e. The Morgan fingerprint density at radius 1 is 1.20 bits per heavy atom. The van der Waals surface area contributed by atoms with E-state index in [0.717, 1.165) is 18.8 Å². The first-order valence-corrected chi connectivity index (χ1v) is 8.61. The van der Waals surface area contributed by atoms with Gasteiger partial charge < -0.3 is 4.74 Å². The molecule has 1 aliphatic carbocycles. The van der Waals surface area contributed by atoms with Gasteiger partial charge in [-0.25, -0.2) is 0 Å². The molecule has 1 saturated carbocycles. The lowest BCUT2D eigenvalue weighted by molar-refractivity contribution is -0.163. The normalized spacial score (nSPS) is 20.4. The molecule has 0 aliphatic heterocycles. The van der Waals surface area contributed by atoms with E-state index in [1.807, 2.05) is 20.8 Å². The molecule has 1 fully saturated rings. The van der Waals surface area contributed by atoms with Gasteiger partial charge in [0.2, 0.25) is 0 Å². The second-order valence-corrected chi connectivity index (χ2v) is 7.31. The molecule has 2 unspecified atom stereocenters. The van der Waals surface area contributed by atoms with Crippen LogP contribution >= 0.6 is 0 Å². The number of carbonyl (C=O) groups is 1. The average molecular weight is 282 g/mol. The van der Waals surface area contributed by atoms with Gasteiger partial charge in [-0.3, -0.25) is 4.79 Å². The minimum absolute atomic E-state index is 0.0256. The first-order chi connectivity index (χ1) is 9.40. The molecule has 2 heteroatoms. The monoisotopic (exact) mass is 282 g/mol. The molecule has 0 aromatic heterocycles. The van der Waals surface area contributed by atoms with Crippen LogP contribution < -0.4 is 0 Å². The van der Waals surface area contributed by atoms with Gasteiger partial charge in [0, 0.05) is 0 Å². The molecule has 0 amide bonds. The number of carbonyl (C=O) groups excluding carboxylic acids is 1. The highest BCUT2D eigenvalue weighted by atomic mass is 16.5. The van der Waals surface area contributed by atoms with Crippen LogP contribution in [0.15, 0.2) is 0 Å². The average Bonchev–Trinajstić information content (AvgIpc) is 2.45. The van der Waals surface area contributed by atoms with Crippen molar-refractivity contribution in [2.75, 3.05) is 0 Å². The van der Waals surface area contributed by atoms with E-state index in [4.69, 9.17) is 4.74 Å². The first-order valence-electron chi connectivity index (χ1n) is 8.61. The van der Waals surface area contributed by atoms with E-state index in [-0.39, 0.29) is 17.5 Å². The zero-order valence-electron chi connectivity index (χ0n) is 14.2. The van der Waals surface area contributed by atoms with E-state index in [1.54, 1.807) is 0 Å². The summed E-state index contributed by atoms with van der Waals surface area (Å²) in [6, 6.07) is 0. The molecule has 0 aromatic rings.